The van der Waals surface area contributed by atoms with E-state index in [4.69, 9.17) is 9.47 Å². The van der Waals surface area contributed by atoms with E-state index in [2.05, 4.69) is 15.6 Å². The molecule has 1 fully saturated rings. The number of hydrogen-bond acceptors (Lipinski definition) is 5. The second-order valence-corrected chi connectivity index (χ2v) is 4.56. The fourth-order valence-corrected chi connectivity index (χ4v) is 2.10. The molecular weight excluding hydrogens is 265 g/mol. The molecule has 6 nitrogen and oxygen atoms in total. The molecule has 20 heavy (non-hydrogen) atoms. The summed E-state index contributed by atoms with van der Waals surface area (Å²) >= 11 is 0. The maximum atomic E-state index is 13.0. The van der Waals surface area contributed by atoms with Crippen LogP contribution in [0.2, 0.25) is 0 Å². The van der Waals surface area contributed by atoms with Crippen molar-refractivity contribution < 1.29 is 18.7 Å². The smallest absolute Gasteiger partial charge is 0.256 e. The molecule has 7 heteroatoms. The molecule has 2 rings (SSSR count). The van der Waals surface area contributed by atoms with Crippen molar-refractivity contribution in [3.05, 3.63) is 17.7 Å². The number of halogens is 1. The molecule has 0 aliphatic carbocycles. The molecule has 1 saturated heterocycles. The van der Waals surface area contributed by atoms with Gasteiger partial charge in [-0.05, 0) is 12.5 Å². The minimum Gasteiger partial charge on any atom is -0.481 e. The molecule has 0 radical (unpaired) electrons. The number of carbonyl (C=O) groups excluding carboxylic acids is 1. The average Bonchev–Trinajstić information content (AvgIpc) is 2.89. The Morgan fingerprint density at radius 3 is 2.90 bits per heavy atom. The van der Waals surface area contributed by atoms with Crippen molar-refractivity contribution >= 4 is 5.91 Å². The fraction of sp³-hybridized carbons (Fsp3) is 0.538. The fourth-order valence-electron chi connectivity index (χ4n) is 2.10. The number of rotatable bonds is 5. The van der Waals surface area contributed by atoms with E-state index in [-0.39, 0.29) is 17.8 Å². The monoisotopic (exact) mass is 283 g/mol. The maximum Gasteiger partial charge on any atom is 0.256 e. The Bertz CT molecular complexity index is 484. The summed E-state index contributed by atoms with van der Waals surface area (Å²) in [5, 5.41) is 5.75. The van der Waals surface area contributed by atoms with E-state index >= 15 is 0 Å². The van der Waals surface area contributed by atoms with Gasteiger partial charge in [-0.25, -0.2) is 4.39 Å². The Kier molecular flexibility index (Phi) is 4.73. The molecule has 2 N–H and O–H groups in total. The lowest BCUT2D eigenvalue weighted by molar-refractivity contribution is 0.0946. The molecule has 0 aromatic carbocycles. The normalized spacial score (nSPS) is 21.6. The van der Waals surface area contributed by atoms with Gasteiger partial charge in [0.05, 0.1) is 14.2 Å². The van der Waals surface area contributed by atoms with Crippen LogP contribution in [0.25, 0.3) is 0 Å². The third-order valence-corrected chi connectivity index (χ3v) is 3.16. The lowest BCUT2D eigenvalue weighted by atomic mass is 10.2. The van der Waals surface area contributed by atoms with Gasteiger partial charge in [0.25, 0.3) is 5.91 Å². The van der Waals surface area contributed by atoms with Crippen LogP contribution in [-0.2, 0) is 0 Å². The van der Waals surface area contributed by atoms with Gasteiger partial charge in [0, 0.05) is 25.2 Å². The highest BCUT2D eigenvalue weighted by molar-refractivity contribution is 5.96. The van der Waals surface area contributed by atoms with Gasteiger partial charge >= 0.3 is 0 Å². The first-order chi connectivity index (χ1) is 9.63. The molecule has 2 atom stereocenters. The Balaban J connectivity index is 1.98. The first-order valence-corrected chi connectivity index (χ1v) is 6.38. The third kappa shape index (κ3) is 3.36. The highest BCUT2D eigenvalue weighted by Crippen LogP contribution is 2.19. The van der Waals surface area contributed by atoms with Crippen molar-refractivity contribution in [2.75, 3.05) is 27.3 Å². The van der Waals surface area contributed by atoms with Gasteiger partial charge in [-0.2, -0.15) is 4.98 Å². The van der Waals surface area contributed by atoms with Crippen molar-refractivity contribution in [2.45, 2.75) is 18.6 Å². The van der Waals surface area contributed by atoms with Crippen LogP contribution in [0.5, 0.6) is 11.8 Å². The van der Waals surface area contributed by atoms with Crippen molar-refractivity contribution in [3.8, 4) is 11.8 Å². The van der Waals surface area contributed by atoms with Crippen LogP contribution in [0.1, 0.15) is 16.8 Å². The van der Waals surface area contributed by atoms with Gasteiger partial charge in [0.1, 0.15) is 11.7 Å². The third-order valence-electron chi connectivity index (χ3n) is 3.16. The summed E-state index contributed by atoms with van der Waals surface area (Å²) in [7, 11) is 2.92. The lowest BCUT2D eigenvalue weighted by Crippen LogP contribution is -2.37. The van der Waals surface area contributed by atoms with E-state index in [0.717, 1.165) is 0 Å². The summed E-state index contributed by atoms with van der Waals surface area (Å²) < 4.78 is 23.0. The van der Waals surface area contributed by atoms with Gasteiger partial charge in [-0.1, -0.05) is 0 Å². The van der Waals surface area contributed by atoms with Gasteiger partial charge in [0.15, 0.2) is 0 Å². The van der Waals surface area contributed by atoms with Crippen LogP contribution < -0.4 is 20.1 Å². The highest BCUT2D eigenvalue weighted by atomic mass is 19.1. The minimum atomic E-state index is -0.839. The maximum absolute atomic E-state index is 13.0. The largest absolute Gasteiger partial charge is 0.481 e. The Hall–Kier alpha value is -1.89. The first kappa shape index (κ1) is 14.5. The Morgan fingerprint density at radius 1 is 1.50 bits per heavy atom. The molecule has 110 valence electrons. The van der Waals surface area contributed by atoms with E-state index in [1.165, 1.54) is 14.2 Å². The van der Waals surface area contributed by atoms with Crippen molar-refractivity contribution in [1.29, 1.82) is 0 Å². The summed E-state index contributed by atoms with van der Waals surface area (Å²) in [5.74, 6) is 0.266. The minimum absolute atomic E-state index is 0.0360. The van der Waals surface area contributed by atoms with Gasteiger partial charge in [-0.3, -0.25) is 4.79 Å². The number of hydrogen-bond donors (Lipinski definition) is 2. The van der Waals surface area contributed by atoms with E-state index < -0.39 is 6.17 Å². The Labute approximate surface area is 116 Å². The van der Waals surface area contributed by atoms with Gasteiger partial charge < -0.3 is 20.1 Å². The molecule has 1 amide bonds. The molecule has 1 aliphatic heterocycles. The molecule has 0 bridgehead atoms. The zero-order valence-electron chi connectivity index (χ0n) is 11.5. The second-order valence-electron chi connectivity index (χ2n) is 4.56. The molecule has 0 unspecified atom stereocenters. The number of nitrogens with one attached hydrogen (secondary N) is 2. The topological polar surface area (TPSA) is 72.5 Å². The summed E-state index contributed by atoms with van der Waals surface area (Å²) in [6.07, 6.45) is -0.424. The van der Waals surface area contributed by atoms with Crippen molar-refractivity contribution in [1.82, 2.24) is 15.6 Å². The van der Waals surface area contributed by atoms with Crippen LogP contribution in [0.4, 0.5) is 4.39 Å². The number of ether oxygens (including phenoxy) is 2. The predicted octanol–water partition coefficient (Wildman–Crippen LogP) is 0.529. The molecule has 0 saturated carbocycles. The van der Waals surface area contributed by atoms with Crippen LogP contribution in [0.15, 0.2) is 12.1 Å². The standard InChI is InChI=1S/C13H18FN3O3/c1-19-11-4-3-10(13(17-11)20-2)12(18)16-7-9-5-8(14)6-15-9/h3-4,8-9,15H,5-7H2,1-2H3,(H,16,18)/t8-,9-/m0/s1. The van der Waals surface area contributed by atoms with Crippen LogP contribution >= 0.6 is 0 Å². The molecule has 0 spiro atoms. The molecular formula is C13H18FN3O3. The lowest BCUT2D eigenvalue weighted by Gasteiger charge is -2.13. The molecule has 1 aromatic rings. The number of nitrogens with zero attached hydrogens (tertiary/aromatic N) is 1. The van der Waals surface area contributed by atoms with Gasteiger partial charge in [0.2, 0.25) is 11.8 Å². The zero-order chi connectivity index (χ0) is 14.5. The molecule has 2 heterocycles. The SMILES string of the molecule is COc1ccc(C(=O)NC[C@@H]2C[C@H](F)CN2)c(OC)n1. The van der Waals surface area contributed by atoms with Crippen molar-refractivity contribution in [3.63, 3.8) is 0 Å². The first-order valence-electron chi connectivity index (χ1n) is 6.38. The van der Waals surface area contributed by atoms with E-state index in [1.807, 2.05) is 0 Å². The van der Waals surface area contributed by atoms with E-state index in [9.17, 15) is 9.18 Å². The van der Waals surface area contributed by atoms with E-state index in [0.29, 0.717) is 31.0 Å². The molecule has 1 aromatic heterocycles. The summed E-state index contributed by atoms with van der Waals surface area (Å²) in [6, 6.07) is 3.13. The van der Waals surface area contributed by atoms with Crippen LogP contribution in [-0.4, -0.2) is 50.4 Å². The highest BCUT2D eigenvalue weighted by Gasteiger charge is 2.24. The van der Waals surface area contributed by atoms with Crippen molar-refractivity contribution in [2.24, 2.45) is 0 Å². The second kappa shape index (κ2) is 6.51. The molecule has 1 aliphatic rings. The Morgan fingerprint density at radius 2 is 2.30 bits per heavy atom. The quantitative estimate of drug-likeness (QED) is 0.824. The summed E-state index contributed by atoms with van der Waals surface area (Å²) in [4.78, 5) is 16.1. The zero-order valence-corrected chi connectivity index (χ0v) is 11.5. The summed E-state index contributed by atoms with van der Waals surface area (Å²) in [5.41, 5.74) is 0.322. The number of alkyl halides is 1. The predicted molar refractivity (Wildman–Crippen MR) is 71.0 cm³/mol. The number of carbonyl (C=O) groups is 1. The summed E-state index contributed by atoms with van der Waals surface area (Å²) in [6.45, 7) is 0.711. The van der Waals surface area contributed by atoms with Crippen LogP contribution in [0.3, 0.4) is 0 Å². The van der Waals surface area contributed by atoms with Gasteiger partial charge in [-0.15, -0.1) is 0 Å². The number of amides is 1. The van der Waals surface area contributed by atoms with Crippen LogP contribution in [0, 0.1) is 0 Å². The number of pyridine rings is 1. The number of methoxy groups -OCH3 is 2. The number of aromatic nitrogens is 1. The van der Waals surface area contributed by atoms with E-state index in [1.54, 1.807) is 12.1 Å². The average molecular weight is 283 g/mol.